The first-order valence-corrected chi connectivity index (χ1v) is 6.71. The van der Waals surface area contributed by atoms with Crippen LogP contribution in [-0.4, -0.2) is 32.4 Å². The zero-order chi connectivity index (χ0) is 16.5. The van der Waals surface area contributed by atoms with Gasteiger partial charge in [-0.25, -0.2) is 4.52 Å². The summed E-state index contributed by atoms with van der Waals surface area (Å²) in [7, 11) is 1.41. The second kappa shape index (κ2) is 5.80. The summed E-state index contributed by atoms with van der Waals surface area (Å²) in [4.78, 5) is 24.2. The second-order valence-electron chi connectivity index (χ2n) is 5.86. The molecular weight excluding hydrogens is 290 g/mol. The van der Waals surface area contributed by atoms with Gasteiger partial charge in [0.05, 0.1) is 19.1 Å². The number of aromatic nitrogens is 3. The summed E-state index contributed by atoms with van der Waals surface area (Å²) >= 11 is 0. The summed E-state index contributed by atoms with van der Waals surface area (Å²) in [6.45, 7) is 4.67. The van der Waals surface area contributed by atoms with Gasteiger partial charge in [-0.05, 0) is 20.8 Å². The summed E-state index contributed by atoms with van der Waals surface area (Å²) < 4.78 is 12.8. The number of ether oxygens (including phenoxy) is 2. The number of fused-ring (bicyclic) bond motifs is 1. The van der Waals surface area contributed by atoms with Gasteiger partial charge in [-0.15, -0.1) is 0 Å². The maximum Gasteiger partial charge on any atom is 0.312 e. The lowest BCUT2D eigenvalue weighted by Crippen LogP contribution is -2.29. The van der Waals surface area contributed by atoms with Crippen LogP contribution in [0.5, 0.6) is 5.75 Å². The van der Waals surface area contributed by atoms with Crippen LogP contribution in [0, 0.1) is 5.41 Å². The first-order valence-electron chi connectivity index (χ1n) is 6.71. The van der Waals surface area contributed by atoms with Gasteiger partial charge in [0.25, 0.3) is 5.56 Å². The van der Waals surface area contributed by atoms with Crippen LogP contribution in [0.2, 0.25) is 0 Å². The third kappa shape index (κ3) is 2.82. The maximum absolute atomic E-state index is 12.4. The lowest BCUT2D eigenvalue weighted by molar-refractivity contribution is -0.157. The van der Waals surface area contributed by atoms with Crippen LogP contribution in [0.1, 0.15) is 26.3 Å². The molecular formula is C14H19N3O5. The minimum Gasteiger partial charge on any atom is -0.494 e. The van der Waals surface area contributed by atoms with Gasteiger partial charge in [0.2, 0.25) is 0 Å². The number of hydrogen-bond acceptors (Lipinski definition) is 6. The van der Waals surface area contributed by atoms with E-state index in [9.17, 15) is 14.7 Å². The highest BCUT2D eigenvalue weighted by Crippen LogP contribution is 2.23. The van der Waals surface area contributed by atoms with E-state index in [1.165, 1.54) is 28.7 Å². The predicted molar refractivity (Wildman–Crippen MR) is 77.5 cm³/mol. The van der Waals surface area contributed by atoms with E-state index in [1.807, 2.05) is 0 Å². The van der Waals surface area contributed by atoms with Crippen LogP contribution < -0.4 is 10.3 Å². The van der Waals surface area contributed by atoms with Crippen LogP contribution >= 0.6 is 0 Å². The molecule has 0 bridgehead atoms. The van der Waals surface area contributed by atoms with Crippen molar-refractivity contribution in [2.75, 3.05) is 7.11 Å². The molecule has 120 valence electrons. The number of carbonyl (C=O) groups excluding carboxylic acids is 1. The Labute approximate surface area is 126 Å². The van der Waals surface area contributed by atoms with Crippen molar-refractivity contribution in [2.24, 2.45) is 5.41 Å². The molecule has 8 heteroatoms. The van der Waals surface area contributed by atoms with Crippen LogP contribution in [0.15, 0.2) is 17.3 Å². The van der Waals surface area contributed by atoms with E-state index in [1.54, 1.807) is 20.8 Å². The summed E-state index contributed by atoms with van der Waals surface area (Å²) in [5, 5.41) is 13.3. The van der Waals surface area contributed by atoms with E-state index < -0.39 is 16.9 Å². The highest BCUT2D eigenvalue weighted by Gasteiger charge is 2.23. The summed E-state index contributed by atoms with van der Waals surface area (Å²) in [5.74, 6) is -0.158. The molecule has 0 aliphatic carbocycles. The first-order chi connectivity index (χ1) is 10.3. The molecule has 2 aromatic rings. The third-order valence-corrected chi connectivity index (χ3v) is 3.11. The van der Waals surface area contributed by atoms with Crippen LogP contribution in [0.4, 0.5) is 0 Å². The highest BCUT2D eigenvalue weighted by molar-refractivity contribution is 5.75. The lowest BCUT2D eigenvalue weighted by Gasteiger charge is -2.16. The molecule has 0 aliphatic rings. The fourth-order valence-corrected chi connectivity index (χ4v) is 1.90. The van der Waals surface area contributed by atoms with Gasteiger partial charge in [0.15, 0.2) is 18.0 Å². The Balaban J connectivity index is 2.39. The molecule has 0 aromatic carbocycles. The van der Waals surface area contributed by atoms with Gasteiger partial charge in [-0.2, -0.15) is 5.10 Å². The van der Waals surface area contributed by atoms with Crippen molar-refractivity contribution in [1.29, 1.82) is 0 Å². The van der Waals surface area contributed by atoms with Crippen molar-refractivity contribution in [1.82, 2.24) is 14.2 Å². The quantitative estimate of drug-likeness (QED) is 0.828. The van der Waals surface area contributed by atoms with Crippen molar-refractivity contribution in [3.63, 3.8) is 0 Å². The zero-order valence-electron chi connectivity index (χ0n) is 13.0. The molecule has 0 unspecified atom stereocenters. The van der Waals surface area contributed by atoms with Gasteiger partial charge in [-0.1, -0.05) is 0 Å². The molecule has 0 aliphatic heterocycles. The van der Waals surface area contributed by atoms with Gasteiger partial charge >= 0.3 is 5.97 Å². The Hall–Kier alpha value is -2.35. The Morgan fingerprint density at radius 2 is 2.09 bits per heavy atom. The van der Waals surface area contributed by atoms with E-state index in [-0.39, 0.29) is 24.6 Å². The molecule has 2 aromatic heterocycles. The zero-order valence-corrected chi connectivity index (χ0v) is 13.0. The van der Waals surface area contributed by atoms with Crippen molar-refractivity contribution >= 4 is 11.5 Å². The lowest BCUT2D eigenvalue weighted by atomic mass is 9.98. The fraction of sp³-hybridized carbons (Fsp3) is 0.500. The van der Waals surface area contributed by atoms with Crippen LogP contribution in [0.25, 0.3) is 5.52 Å². The molecule has 0 radical (unpaired) electrons. The van der Waals surface area contributed by atoms with Crippen molar-refractivity contribution in [3.05, 3.63) is 28.4 Å². The molecule has 1 N–H and O–H groups in total. The molecule has 8 nitrogen and oxygen atoms in total. The smallest absolute Gasteiger partial charge is 0.312 e. The Morgan fingerprint density at radius 1 is 1.41 bits per heavy atom. The van der Waals surface area contributed by atoms with Gasteiger partial charge in [0.1, 0.15) is 6.33 Å². The van der Waals surface area contributed by atoms with Gasteiger partial charge in [0, 0.05) is 11.8 Å². The molecule has 0 saturated carbocycles. The topological polar surface area (TPSA) is 95.1 Å². The van der Waals surface area contributed by atoms with E-state index in [0.29, 0.717) is 5.56 Å². The second-order valence-corrected chi connectivity index (χ2v) is 5.86. The Bertz CT molecular complexity index is 754. The van der Waals surface area contributed by atoms with E-state index in [4.69, 9.17) is 9.47 Å². The number of carbonyl (C=O) groups is 1. The highest BCUT2D eigenvalue weighted by atomic mass is 16.5. The standard InChI is InChI=1S/C14H19N3O5/c1-14(2,3)13(20)22-8-16-7-15-17-5-9(6-18)11(21-4)10(17)12(16)19/h5,7,18H,6,8H2,1-4H3. The molecule has 0 fully saturated rings. The normalized spacial score (nSPS) is 11.7. The number of hydrogen-bond donors (Lipinski definition) is 1. The number of methoxy groups -OCH3 is 1. The fourth-order valence-electron chi connectivity index (χ4n) is 1.90. The van der Waals surface area contributed by atoms with Gasteiger partial charge < -0.3 is 14.6 Å². The third-order valence-electron chi connectivity index (χ3n) is 3.11. The van der Waals surface area contributed by atoms with Crippen molar-refractivity contribution in [2.45, 2.75) is 34.1 Å². The number of aliphatic hydroxyl groups excluding tert-OH is 1. The minimum atomic E-state index is -0.655. The number of rotatable bonds is 4. The van der Waals surface area contributed by atoms with Crippen LogP contribution in [0.3, 0.4) is 0 Å². The molecule has 0 atom stereocenters. The molecule has 2 rings (SSSR count). The Morgan fingerprint density at radius 3 is 2.64 bits per heavy atom. The molecule has 22 heavy (non-hydrogen) atoms. The predicted octanol–water partition coefficient (Wildman–Crippen LogP) is 0.544. The Kier molecular flexibility index (Phi) is 4.23. The molecule has 0 spiro atoms. The van der Waals surface area contributed by atoms with Gasteiger partial charge in [-0.3, -0.25) is 14.2 Å². The van der Waals surface area contributed by atoms with Crippen molar-refractivity contribution < 1.29 is 19.4 Å². The number of aliphatic hydroxyl groups is 1. The summed E-state index contributed by atoms with van der Waals surface area (Å²) in [6, 6.07) is 0. The SMILES string of the molecule is COc1c(CO)cn2ncn(COC(=O)C(C)(C)C)c(=O)c12. The number of nitrogens with zero attached hydrogens (tertiary/aromatic N) is 3. The first kappa shape index (κ1) is 16.0. The largest absolute Gasteiger partial charge is 0.494 e. The molecule has 0 saturated heterocycles. The monoisotopic (exact) mass is 309 g/mol. The minimum absolute atomic E-state index is 0.181. The van der Waals surface area contributed by atoms with E-state index >= 15 is 0 Å². The molecule has 0 amide bonds. The summed E-state index contributed by atoms with van der Waals surface area (Å²) in [5.41, 5.74) is -0.441. The average Bonchev–Trinajstić information content (AvgIpc) is 2.83. The van der Waals surface area contributed by atoms with Crippen LogP contribution in [-0.2, 0) is 22.9 Å². The summed E-state index contributed by atoms with van der Waals surface area (Å²) in [6.07, 6.45) is 2.78. The van der Waals surface area contributed by atoms with E-state index in [2.05, 4.69) is 5.10 Å². The van der Waals surface area contributed by atoms with Crippen molar-refractivity contribution in [3.8, 4) is 5.75 Å². The number of esters is 1. The van der Waals surface area contributed by atoms with E-state index in [0.717, 1.165) is 0 Å². The molecule has 2 heterocycles. The average molecular weight is 309 g/mol. The maximum atomic E-state index is 12.4.